The number of aromatic nitrogens is 1. The zero-order valence-corrected chi connectivity index (χ0v) is 23.0. The number of nitrogens with zero attached hydrogens (tertiary/aromatic N) is 3. The summed E-state index contributed by atoms with van der Waals surface area (Å²) in [7, 11) is 1.59. The van der Waals surface area contributed by atoms with Crippen molar-refractivity contribution in [2.45, 2.75) is 58.9 Å². The first kappa shape index (κ1) is 30.7. The van der Waals surface area contributed by atoms with Crippen LogP contribution >= 0.6 is 0 Å². The van der Waals surface area contributed by atoms with E-state index in [0.29, 0.717) is 17.1 Å². The van der Waals surface area contributed by atoms with Crippen LogP contribution in [0.2, 0.25) is 0 Å². The fourth-order valence-corrected chi connectivity index (χ4v) is 4.21. The first-order valence-electron chi connectivity index (χ1n) is 12.7. The standard InChI is InChI=1S/C26H34F3N5O6/c1-14-11-34(15(2)13-35)24(37)19-10-18(30-22(36)8-9-26(27,28)29)6-7-20(19)39-21(14)12-33(5)25(38)31-23-16(3)32-40-17(23)4/h6-7,10,14-15,21,35H,8-9,11-13H2,1-5H3,(H,30,36)(H,31,38)/t14-,15+,21+/m1/s1. The van der Waals surface area contributed by atoms with Gasteiger partial charge in [-0.25, -0.2) is 4.79 Å². The van der Waals surface area contributed by atoms with Gasteiger partial charge in [0.25, 0.3) is 5.91 Å². The maximum Gasteiger partial charge on any atom is 0.389 e. The molecule has 40 heavy (non-hydrogen) atoms. The quantitative estimate of drug-likeness (QED) is 0.438. The average Bonchev–Trinajstić information content (AvgIpc) is 3.20. The number of nitrogens with one attached hydrogen (secondary N) is 2. The van der Waals surface area contributed by atoms with E-state index in [-0.39, 0.29) is 42.6 Å². The largest absolute Gasteiger partial charge is 0.487 e. The molecule has 0 fully saturated rings. The van der Waals surface area contributed by atoms with E-state index in [1.807, 2.05) is 6.92 Å². The average molecular weight is 570 g/mol. The van der Waals surface area contributed by atoms with E-state index in [2.05, 4.69) is 15.8 Å². The minimum absolute atomic E-state index is 0.0636. The molecule has 1 aliphatic heterocycles. The van der Waals surface area contributed by atoms with E-state index in [9.17, 15) is 32.7 Å². The Morgan fingerprint density at radius 2 is 1.98 bits per heavy atom. The Morgan fingerprint density at radius 1 is 1.27 bits per heavy atom. The van der Waals surface area contributed by atoms with Crippen LogP contribution in [0.1, 0.15) is 48.5 Å². The van der Waals surface area contributed by atoms with Crippen molar-refractivity contribution < 1.29 is 41.9 Å². The van der Waals surface area contributed by atoms with Gasteiger partial charge in [-0.15, -0.1) is 0 Å². The second kappa shape index (κ2) is 12.6. The molecule has 0 saturated heterocycles. The maximum absolute atomic E-state index is 13.5. The van der Waals surface area contributed by atoms with Gasteiger partial charge in [0.05, 0.1) is 31.2 Å². The van der Waals surface area contributed by atoms with Crippen LogP contribution < -0.4 is 15.4 Å². The van der Waals surface area contributed by atoms with Crippen LogP contribution in [-0.4, -0.2) is 83.0 Å². The van der Waals surface area contributed by atoms with Crippen molar-refractivity contribution in [3.05, 3.63) is 35.2 Å². The Hall–Kier alpha value is -3.81. The van der Waals surface area contributed by atoms with Crippen LogP contribution in [0.3, 0.4) is 0 Å². The first-order chi connectivity index (χ1) is 18.7. The smallest absolute Gasteiger partial charge is 0.389 e. The summed E-state index contributed by atoms with van der Waals surface area (Å²) in [5.74, 6) is -0.976. The zero-order chi connectivity index (χ0) is 29.8. The Bertz CT molecular complexity index is 1210. The van der Waals surface area contributed by atoms with E-state index in [4.69, 9.17) is 9.26 Å². The van der Waals surface area contributed by atoms with Crippen LogP contribution in [-0.2, 0) is 4.79 Å². The normalized spacial score (nSPS) is 18.2. The molecule has 11 nitrogen and oxygen atoms in total. The Balaban J connectivity index is 1.85. The highest BCUT2D eigenvalue weighted by molar-refractivity contribution is 6.00. The molecular formula is C26H34F3N5O6. The van der Waals surface area contributed by atoms with Gasteiger partial charge in [0.15, 0.2) is 5.76 Å². The lowest BCUT2D eigenvalue weighted by Crippen LogP contribution is -2.50. The maximum atomic E-state index is 13.5. The summed E-state index contributed by atoms with van der Waals surface area (Å²) < 4.78 is 48.8. The molecule has 3 rings (SSSR count). The molecule has 1 aliphatic rings. The lowest BCUT2D eigenvalue weighted by atomic mass is 9.99. The third-order valence-corrected chi connectivity index (χ3v) is 6.65. The molecule has 3 atom stereocenters. The van der Waals surface area contributed by atoms with Gasteiger partial charge in [0, 0.05) is 31.6 Å². The first-order valence-corrected chi connectivity index (χ1v) is 12.7. The van der Waals surface area contributed by atoms with E-state index >= 15 is 0 Å². The Kier molecular flexibility index (Phi) is 9.66. The SMILES string of the molecule is Cc1noc(C)c1NC(=O)N(C)C[C@@H]1Oc2ccc(NC(=O)CCC(F)(F)F)cc2C(=O)N([C@@H](C)CO)C[C@H]1C. The lowest BCUT2D eigenvalue weighted by molar-refractivity contribution is -0.142. The highest BCUT2D eigenvalue weighted by Crippen LogP contribution is 2.31. The number of likely N-dealkylation sites (N-methyl/N-ethyl adjacent to an activating group) is 1. The summed E-state index contributed by atoms with van der Waals surface area (Å²) in [5, 5.41) is 18.8. The molecule has 0 bridgehead atoms. The highest BCUT2D eigenvalue weighted by Gasteiger charge is 2.34. The number of hydrogen-bond acceptors (Lipinski definition) is 7. The molecule has 220 valence electrons. The van der Waals surface area contributed by atoms with Crippen molar-refractivity contribution in [2.24, 2.45) is 5.92 Å². The van der Waals surface area contributed by atoms with Crippen molar-refractivity contribution in [2.75, 3.05) is 37.4 Å². The fourth-order valence-electron chi connectivity index (χ4n) is 4.21. The van der Waals surface area contributed by atoms with Crippen molar-refractivity contribution in [1.29, 1.82) is 0 Å². The van der Waals surface area contributed by atoms with E-state index in [0.717, 1.165) is 0 Å². The molecule has 1 aromatic carbocycles. The minimum Gasteiger partial charge on any atom is -0.487 e. The molecule has 4 amide bonds. The van der Waals surface area contributed by atoms with Gasteiger partial charge in [0.1, 0.15) is 23.2 Å². The van der Waals surface area contributed by atoms with E-state index in [1.54, 1.807) is 27.8 Å². The number of aliphatic hydroxyl groups is 1. The number of amides is 4. The number of anilines is 2. The van der Waals surface area contributed by atoms with Gasteiger partial charge < -0.3 is 34.8 Å². The van der Waals surface area contributed by atoms with Gasteiger partial charge in [-0.1, -0.05) is 12.1 Å². The topological polar surface area (TPSA) is 137 Å². The zero-order valence-electron chi connectivity index (χ0n) is 23.0. The predicted molar refractivity (Wildman–Crippen MR) is 139 cm³/mol. The number of hydrogen-bond donors (Lipinski definition) is 3. The van der Waals surface area contributed by atoms with Crippen LogP contribution in [0.5, 0.6) is 5.75 Å². The molecule has 3 N–H and O–H groups in total. The Morgan fingerprint density at radius 3 is 2.58 bits per heavy atom. The molecule has 0 unspecified atom stereocenters. The third-order valence-electron chi connectivity index (χ3n) is 6.65. The molecule has 14 heteroatoms. The monoisotopic (exact) mass is 569 g/mol. The number of urea groups is 1. The fraction of sp³-hybridized carbons (Fsp3) is 0.538. The molecule has 2 aromatic rings. The molecule has 0 radical (unpaired) electrons. The molecule has 1 aromatic heterocycles. The number of carbonyl (C=O) groups excluding carboxylic acids is 3. The van der Waals surface area contributed by atoms with E-state index in [1.165, 1.54) is 28.0 Å². The summed E-state index contributed by atoms with van der Waals surface area (Å²) in [6.07, 6.45) is -7.10. The summed E-state index contributed by atoms with van der Waals surface area (Å²) in [6.45, 7) is 6.90. The summed E-state index contributed by atoms with van der Waals surface area (Å²) in [4.78, 5) is 41.4. The number of carbonyl (C=O) groups is 3. The van der Waals surface area contributed by atoms with Crippen LogP contribution in [0.4, 0.5) is 29.3 Å². The van der Waals surface area contributed by atoms with Crippen LogP contribution in [0.15, 0.2) is 22.7 Å². The second-order valence-electron chi connectivity index (χ2n) is 10.0. The summed E-state index contributed by atoms with van der Waals surface area (Å²) in [5.41, 5.74) is 1.18. The van der Waals surface area contributed by atoms with E-state index < -0.39 is 49.0 Å². The number of benzene rings is 1. The van der Waals surface area contributed by atoms with Crippen LogP contribution in [0, 0.1) is 19.8 Å². The number of aryl methyl sites for hydroxylation is 2. The number of halogens is 3. The Labute approximate surface area is 229 Å². The minimum atomic E-state index is -4.48. The number of alkyl halides is 3. The third kappa shape index (κ3) is 7.64. The molecule has 0 spiro atoms. The molecule has 2 heterocycles. The molecular weight excluding hydrogens is 535 g/mol. The van der Waals surface area contributed by atoms with Crippen molar-refractivity contribution in [3.63, 3.8) is 0 Å². The van der Waals surface area contributed by atoms with Gasteiger partial charge in [-0.2, -0.15) is 13.2 Å². The number of rotatable bonds is 8. The number of ether oxygens (including phenoxy) is 1. The summed E-state index contributed by atoms with van der Waals surface area (Å²) >= 11 is 0. The van der Waals surface area contributed by atoms with Crippen molar-refractivity contribution in [1.82, 2.24) is 15.0 Å². The molecule has 0 aliphatic carbocycles. The van der Waals surface area contributed by atoms with Gasteiger partial charge >= 0.3 is 12.2 Å². The number of fused-ring (bicyclic) bond motifs is 1. The van der Waals surface area contributed by atoms with Crippen molar-refractivity contribution >= 4 is 29.2 Å². The second-order valence-corrected chi connectivity index (χ2v) is 10.0. The van der Waals surface area contributed by atoms with Gasteiger partial charge in [-0.05, 0) is 39.0 Å². The number of aliphatic hydroxyl groups excluding tert-OH is 1. The van der Waals surface area contributed by atoms with Crippen molar-refractivity contribution in [3.8, 4) is 5.75 Å². The van der Waals surface area contributed by atoms with Gasteiger partial charge in [0.2, 0.25) is 5.91 Å². The van der Waals surface area contributed by atoms with Gasteiger partial charge in [-0.3, -0.25) is 9.59 Å². The molecule has 0 saturated carbocycles. The predicted octanol–water partition coefficient (Wildman–Crippen LogP) is 3.96. The summed E-state index contributed by atoms with van der Waals surface area (Å²) in [6, 6.07) is 3.22. The highest BCUT2D eigenvalue weighted by atomic mass is 19.4. The van der Waals surface area contributed by atoms with Crippen LogP contribution in [0.25, 0.3) is 0 Å². The lowest BCUT2D eigenvalue weighted by Gasteiger charge is -2.38.